The van der Waals surface area contributed by atoms with Crippen molar-refractivity contribution >= 4 is 22.9 Å². The van der Waals surface area contributed by atoms with Gasteiger partial charge in [-0.1, -0.05) is 63.5 Å². The number of aryl methyl sites for hydroxylation is 1. The van der Waals surface area contributed by atoms with Gasteiger partial charge in [0.05, 0.1) is 24.1 Å². The first-order valence-corrected chi connectivity index (χ1v) is 15.7. The van der Waals surface area contributed by atoms with Crippen molar-refractivity contribution in [2.75, 3.05) is 13.2 Å². The largest absolute Gasteiger partial charge is 0.493 e. The summed E-state index contributed by atoms with van der Waals surface area (Å²) in [5, 5.41) is 11.5. The lowest BCUT2D eigenvalue weighted by Crippen LogP contribution is -2.26. The van der Waals surface area contributed by atoms with Gasteiger partial charge in [-0.05, 0) is 67.3 Å². The van der Waals surface area contributed by atoms with Gasteiger partial charge in [-0.25, -0.2) is 4.98 Å². The number of benzene rings is 2. The number of carboxylic acid groups (broad SMARTS) is 1. The number of aromatic nitrogens is 2. The minimum Gasteiger partial charge on any atom is -0.493 e. The highest BCUT2D eigenvalue weighted by Crippen LogP contribution is 2.36. The summed E-state index contributed by atoms with van der Waals surface area (Å²) >= 11 is 0. The maximum absolute atomic E-state index is 12.5. The molecule has 0 radical (unpaired) electrons. The molecule has 41 heavy (non-hydrogen) atoms. The number of nitrogens with zero attached hydrogens (tertiary/aromatic N) is 2. The smallest absolute Gasteiger partial charge is 0.305 e. The number of aliphatic carboxylic acids is 1. The molecule has 0 spiro atoms. The van der Waals surface area contributed by atoms with E-state index in [1.165, 1.54) is 70.6 Å². The highest BCUT2D eigenvalue weighted by molar-refractivity contribution is 5.94. The van der Waals surface area contributed by atoms with Crippen LogP contribution in [0.3, 0.4) is 0 Å². The van der Waals surface area contributed by atoms with Crippen LogP contribution in [0.4, 0.5) is 0 Å². The first kappa shape index (κ1) is 29.2. The monoisotopic (exact) mass is 559 g/mol. The van der Waals surface area contributed by atoms with Gasteiger partial charge >= 0.3 is 5.97 Å². The minimum atomic E-state index is -0.924. The SMILES string of the molecule is Cn1c(C(CCC2CCCCC2)c2ccc(C(=O)NCCC(=O)O)cc2)nc2cc(OCC3CCCCC3)ccc21. The van der Waals surface area contributed by atoms with Gasteiger partial charge in [0.2, 0.25) is 0 Å². The molecule has 1 atom stereocenters. The summed E-state index contributed by atoms with van der Waals surface area (Å²) in [5.74, 6) is 2.30. The van der Waals surface area contributed by atoms with Gasteiger partial charge in [-0.3, -0.25) is 9.59 Å². The zero-order valence-electron chi connectivity index (χ0n) is 24.4. The molecule has 220 valence electrons. The Hall–Kier alpha value is -3.35. The maximum Gasteiger partial charge on any atom is 0.305 e. The number of carboxylic acids is 1. The van der Waals surface area contributed by atoms with Crippen LogP contribution >= 0.6 is 0 Å². The number of ether oxygens (including phenoxy) is 1. The Morgan fingerprint density at radius 1 is 0.976 bits per heavy atom. The molecule has 2 aromatic carbocycles. The van der Waals surface area contributed by atoms with Crippen molar-refractivity contribution in [3.63, 3.8) is 0 Å². The second-order valence-corrected chi connectivity index (χ2v) is 12.2. The number of rotatable bonds is 12. The van der Waals surface area contributed by atoms with Gasteiger partial charge in [-0.2, -0.15) is 0 Å². The second kappa shape index (κ2) is 14.0. The van der Waals surface area contributed by atoms with Crippen molar-refractivity contribution in [2.24, 2.45) is 18.9 Å². The van der Waals surface area contributed by atoms with E-state index in [9.17, 15) is 9.59 Å². The summed E-state index contributed by atoms with van der Waals surface area (Å²) in [5.41, 5.74) is 3.74. The molecule has 2 saturated carbocycles. The summed E-state index contributed by atoms with van der Waals surface area (Å²) in [6.45, 7) is 0.900. The van der Waals surface area contributed by atoms with Crippen LogP contribution in [0.1, 0.15) is 111 Å². The molecule has 7 nitrogen and oxygen atoms in total. The number of hydrogen-bond acceptors (Lipinski definition) is 4. The van der Waals surface area contributed by atoms with Crippen LogP contribution in [0.5, 0.6) is 5.75 Å². The van der Waals surface area contributed by atoms with Crippen molar-refractivity contribution < 1.29 is 19.4 Å². The third-order valence-corrected chi connectivity index (χ3v) is 9.20. The van der Waals surface area contributed by atoms with Crippen LogP contribution in [0, 0.1) is 11.8 Å². The second-order valence-electron chi connectivity index (χ2n) is 12.2. The normalized spacial score (nSPS) is 17.4. The van der Waals surface area contributed by atoms with E-state index in [-0.39, 0.29) is 24.8 Å². The molecule has 1 heterocycles. The van der Waals surface area contributed by atoms with Crippen LogP contribution in [0.25, 0.3) is 11.0 Å². The maximum atomic E-state index is 12.5. The topological polar surface area (TPSA) is 93.5 Å². The van der Waals surface area contributed by atoms with Crippen LogP contribution in [0.2, 0.25) is 0 Å². The van der Waals surface area contributed by atoms with Gasteiger partial charge in [0.1, 0.15) is 11.6 Å². The zero-order valence-corrected chi connectivity index (χ0v) is 24.4. The predicted octanol–water partition coefficient (Wildman–Crippen LogP) is 7.23. The van der Waals surface area contributed by atoms with E-state index in [0.717, 1.165) is 47.1 Å². The van der Waals surface area contributed by atoms with Crippen molar-refractivity contribution in [2.45, 2.75) is 89.4 Å². The quantitative estimate of drug-likeness (QED) is 0.244. The minimum absolute atomic E-state index is 0.0902. The van der Waals surface area contributed by atoms with E-state index in [0.29, 0.717) is 11.5 Å². The number of amides is 1. The molecule has 0 aliphatic heterocycles. The molecule has 0 bridgehead atoms. The number of fused-ring (bicyclic) bond motifs is 1. The van der Waals surface area contributed by atoms with Crippen LogP contribution in [-0.4, -0.2) is 39.7 Å². The van der Waals surface area contributed by atoms with E-state index in [1.54, 1.807) is 0 Å². The lowest BCUT2D eigenvalue weighted by molar-refractivity contribution is -0.136. The Labute approximate surface area is 243 Å². The molecule has 5 rings (SSSR count). The van der Waals surface area contributed by atoms with E-state index < -0.39 is 5.97 Å². The number of nitrogens with one attached hydrogen (secondary N) is 1. The van der Waals surface area contributed by atoms with Gasteiger partial charge in [0.15, 0.2) is 0 Å². The van der Waals surface area contributed by atoms with Crippen molar-refractivity contribution in [3.05, 3.63) is 59.4 Å². The Bertz CT molecular complexity index is 1300. The van der Waals surface area contributed by atoms with Gasteiger partial charge in [-0.15, -0.1) is 0 Å². The van der Waals surface area contributed by atoms with Crippen molar-refractivity contribution in [3.8, 4) is 5.75 Å². The zero-order chi connectivity index (χ0) is 28.6. The average Bonchev–Trinajstić information content (AvgIpc) is 3.32. The third kappa shape index (κ3) is 7.69. The molecule has 1 aromatic heterocycles. The summed E-state index contributed by atoms with van der Waals surface area (Å²) in [6.07, 6.45) is 15.2. The lowest BCUT2D eigenvalue weighted by atomic mass is 9.82. The third-order valence-electron chi connectivity index (χ3n) is 9.20. The molecular weight excluding hydrogens is 514 g/mol. The van der Waals surface area contributed by atoms with Crippen molar-refractivity contribution in [1.82, 2.24) is 14.9 Å². The Morgan fingerprint density at radius 2 is 1.66 bits per heavy atom. The molecule has 7 heteroatoms. The molecule has 3 aromatic rings. The standard InChI is InChI=1S/C34H45N3O4/c1-37-31-19-17-28(41-23-25-10-6-3-7-11-25)22-30(31)36-33(37)29(18-12-24-8-4-2-5-9-24)26-13-15-27(16-14-26)34(40)35-21-20-32(38)39/h13-17,19,22,24-25,29H,2-12,18,20-21,23H2,1H3,(H,35,40)(H,38,39). The number of carbonyl (C=O) groups excluding carboxylic acids is 1. The molecule has 2 fully saturated rings. The number of carbonyl (C=O) groups is 2. The Kier molecular flexibility index (Phi) is 9.97. The fourth-order valence-corrected chi connectivity index (χ4v) is 6.74. The molecule has 2 N–H and O–H groups in total. The van der Waals surface area contributed by atoms with Gasteiger partial charge in [0.25, 0.3) is 5.91 Å². The molecule has 2 aliphatic carbocycles. The van der Waals surface area contributed by atoms with Crippen LogP contribution < -0.4 is 10.1 Å². The van der Waals surface area contributed by atoms with Crippen LogP contribution in [0.15, 0.2) is 42.5 Å². The molecule has 1 amide bonds. The molecular formula is C34H45N3O4. The predicted molar refractivity (Wildman–Crippen MR) is 161 cm³/mol. The van der Waals surface area contributed by atoms with E-state index in [2.05, 4.69) is 35.1 Å². The van der Waals surface area contributed by atoms with Gasteiger partial charge in [0, 0.05) is 31.1 Å². The fraction of sp³-hybridized carbons (Fsp3) is 0.559. The highest BCUT2D eigenvalue weighted by Gasteiger charge is 2.24. The van der Waals surface area contributed by atoms with Gasteiger partial charge < -0.3 is 19.7 Å². The van der Waals surface area contributed by atoms with E-state index >= 15 is 0 Å². The number of imidazole rings is 1. The lowest BCUT2D eigenvalue weighted by Gasteiger charge is -2.24. The first-order chi connectivity index (χ1) is 20.0. The molecule has 1 unspecified atom stereocenters. The summed E-state index contributed by atoms with van der Waals surface area (Å²) in [7, 11) is 2.10. The van der Waals surface area contributed by atoms with Crippen molar-refractivity contribution in [1.29, 1.82) is 0 Å². The van der Waals surface area contributed by atoms with Crippen LogP contribution in [-0.2, 0) is 11.8 Å². The summed E-state index contributed by atoms with van der Waals surface area (Å²) in [6, 6.07) is 14.1. The Morgan fingerprint density at radius 3 is 2.34 bits per heavy atom. The van der Waals surface area contributed by atoms with E-state index in [1.807, 2.05) is 24.3 Å². The summed E-state index contributed by atoms with van der Waals surface area (Å²) in [4.78, 5) is 28.5. The Balaban J connectivity index is 1.35. The van der Waals surface area contributed by atoms with E-state index in [4.69, 9.17) is 14.8 Å². The average molecular weight is 560 g/mol. The summed E-state index contributed by atoms with van der Waals surface area (Å²) < 4.78 is 8.45. The number of hydrogen-bond donors (Lipinski definition) is 2. The fourth-order valence-electron chi connectivity index (χ4n) is 6.74. The molecule has 0 saturated heterocycles. The molecule has 2 aliphatic rings. The highest BCUT2D eigenvalue weighted by atomic mass is 16.5. The first-order valence-electron chi connectivity index (χ1n) is 15.7.